The van der Waals surface area contributed by atoms with Gasteiger partial charge in [-0.3, -0.25) is 0 Å². The number of hydrogen-bond donors (Lipinski definition) is 2. The summed E-state index contributed by atoms with van der Waals surface area (Å²) in [6.45, 7) is 3.60. The van der Waals surface area contributed by atoms with Gasteiger partial charge in [-0.15, -0.1) is 0 Å². The summed E-state index contributed by atoms with van der Waals surface area (Å²) in [4.78, 5) is 16.0. The zero-order valence-electron chi connectivity index (χ0n) is 13.6. The Morgan fingerprint density at radius 1 is 1.50 bits per heavy atom. The maximum atomic E-state index is 12.5. The van der Waals surface area contributed by atoms with E-state index in [2.05, 4.69) is 15.6 Å². The first-order valence-electron chi connectivity index (χ1n) is 7.91. The second-order valence-electron chi connectivity index (χ2n) is 6.96. The number of carbonyl (C=O) groups is 1. The lowest BCUT2D eigenvalue weighted by Gasteiger charge is -2.54. The van der Waals surface area contributed by atoms with Crippen molar-refractivity contribution in [3.05, 3.63) is 18.2 Å². The van der Waals surface area contributed by atoms with E-state index in [9.17, 15) is 18.0 Å². The molecule has 3 rings (SSSR count). The van der Waals surface area contributed by atoms with Crippen LogP contribution < -0.4 is 10.6 Å². The molecule has 0 bridgehead atoms. The van der Waals surface area contributed by atoms with Crippen molar-refractivity contribution in [1.82, 2.24) is 20.2 Å². The van der Waals surface area contributed by atoms with Gasteiger partial charge in [-0.2, -0.15) is 13.2 Å². The minimum absolute atomic E-state index is 0.0000740. The van der Waals surface area contributed by atoms with E-state index < -0.39 is 18.8 Å². The molecule has 2 aliphatic rings. The summed E-state index contributed by atoms with van der Waals surface area (Å²) in [6.07, 6.45) is -0.720. The zero-order chi connectivity index (χ0) is 17.5. The molecule has 134 valence electrons. The van der Waals surface area contributed by atoms with Crippen LogP contribution in [0.4, 0.5) is 18.0 Å². The van der Waals surface area contributed by atoms with Gasteiger partial charge in [-0.05, 0) is 6.42 Å². The molecule has 1 aliphatic carbocycles. The largest absolute Gasteiger partial charge is 0.406 e. The highest BCUT2D eigenvalue weighted by Gasteiger charge is 2.59. The lowest BCUT2D eigenvalue weighted by atomic mass is 9.57. The van der Waals surface area contributed by atoms with Crippen LogP contribution in [-0.4, -0.2) is 40.5 Å². The molecule has 1 saturated heterocycles. The molecule has 6 nitrogen and oxygen atoms in total. The molecular formula is C15H21F3N4O2. The third kappa shape index (κ3) is 3.22. The van der Waals surface area contributed by atoms with E-state index in [1.54, 1.807) is 0 Å². The molecular weight excluding hydrogens is 325 g/mol. The number of nitrogens with zero attached hydrogens (tertiary/aromatic N) is 2. The number of alkyl halides is 3. The summed E-state index contributed by atoms with van der Waals surface area (Å²) < 4.78 is 44.1. The fourth-order valence-electron chi connectivity index (χ4n) is 3.81. The van der Waals surface area contributed by atoms with Gasteiger partial charge in [0.15, 0.2) is 0 Å². The predicted molar refractivity (Wildman–Crippen MR) is 79.1 cm³/mol. The zero-order valence-corrected chi connectivity index (χ0v) is 13.6. The molecule has 1 aliphatic heterocycles. The van der Waals surface area contributed by atoms with Crippen molar-refractivity contribution in [2.45, 2.75) is 51.7 Å². The average molecular weight is 346 g/mol. The molecule has 24 heavy (non-hydrogen) atoms. The summed E-state index contributed by atoms with van der Waals surface area (Å²) in [7, 11) is 0. The van der Waals surface area contributed by atoms with Crippen LogP contribution in [0.3, 0.4) is 0 Å². The van der Waals surface area contributed by atoms with Gasteiger partial charge in [0.1, 0.15) is 12.4 Å². The Kier molecular flexibility index (Phi) is 4.23. The molecule has 2 amide bonds. The van der Waals surface area contributed by atoms with E-state index in [1.165, 1.54) is 12.4 Å². The number of urea groups is 1. The summed E-state index contributed by atoms with van der Waals surface area (Å²) in [5, 5.41) is 5.51. The third-order valence-corrected chi connectivity index (χ3v) is 4.95. The van der Waals surface area contributed by atoms with E-state index in [1.807, 2.05) is 13.8 Å². The molecule has 1 saturated carbocycles. The van der Waals surface area contributed by atoms with Gasteiger partial charge in [0.05, 0.1) is 12.6 Å². The quantitative estimate of drug-likeness (QED) is 0.877. The minimum Gasteiger partial charge on any atom is -0.377 e. The Labute approximate surface area is 137 Å². The van der Waals surface area contributed by atoms with Crippen molar-refractivity contribution in [1.29, 1.82) is 0 Å². The van der Waals surface area contributed by atoms with Crippen LogP contribution in [0, 0.1) is 11.3 Å². The van der Waals surface area contributed by atoms with Crippen molar-refractivity contribution in [3.63, 3.8) is 0 Å². The Morgan fingerprint density at radius 3 is 2.96 bits per heavy atom. The van der Waals surface area contributed by atoms with Gasteiger partial charge in [0.2, 0.25) is 0 Å². The Bertz CT molecular complexity index is 614. The molecule has 3 atom stereocenters. The van der Waals surface area contributed by atoms with Gasteiger partial charge < -0.3 is 19.9 Å². The van der Waals surface area contributed by atoms with E-state index in [0.29, 0.717) is 12.5 Å². The van der Waals surface area contributed by atoms with Crippen LogP contribution in [-0.2, 0) is 17.8 Å². The van der Waals surface area contributed by atoms with Crippen LogP contribution in [0.1, 0.15) is 26.1 Å². The van der Waals surface area contributed by atoms with Gasteiger partial charge in [0, 0.05) is 36.4 Å². The highest BCUT2D eigenvalue weighted by molar-refractivity contribution is 5.74. The number of fused-ring (bicyclic) bond motifs is 1. The number of halogens is 3. The maximum absolute atomic E-state index is 12.5. The molecule has 2 N–H and O–H groups in total. The molecule has 1 aromatic rings. The Balaban J connectivity index is 1.53. The number of carbonyl (C=O) groups excluding carboxylic acids is 1. The number of ether oxygens (including phenoxy) is 1. The van der Waals surface area contributed by atoms with Crippen LogP contribution in [0.5, 0.6) is 0 Å². The molecule has 0 radical (unpaired) electrons. The van der Waals surface area contributed by atoms with Crippen molar-refractivity contribution < 1.29 is 22.7 Å². The number of rotatable bonds is 4. The van der Waals surface area contributed by atoms with E-state index in [0.717, 1.165) is 11.0 Å². The van der Waals surface area contributed by atoms with Crippen LogP contribution in [0.15, 0.2) is 12.4 Å². The summed E-state index contributed by atoms with van der Waals surface area (Å²) >= 11 is 0. The first kappa shape index (κ1) is 17.1. The van der Waals surface area contributed by atoms with Crippen molar-refractivity contribution in [2.24, 2.45) is 11.3 Å². The van der Waals surface area contributed by atoms with E-state index in [-0.39, 0.29) is 29.9 Å². The maximum Gasteiger partial charge on any atom is 0.406 e. The fourth-order valence-corrected chi connectivity index (χ4v) is 3.81. The smallest absolute Gasteiger partial charge is 0.377 e. The SMILES string of the molecule is CC1(C)C(NC(=O)NCc2nccn2CC(F)(F)F)C2CCOC21. The first-order valence-corrected chi connectivity index (χ1v) is 7.91. The number of nitrogens with one attached hydrogen (secondary N) is 2. The van der Waals surface area contributed by atoms with Gasteiger partial charge in [0.25, 0.3) is 0 Å². The molecule has 2 heterocycles. The highest BCUT2D eigenvalue weighted by atomic mass is 19.4. The molecule has 3 unspecified atom stereocenters. The number of aromatic nitrogens is 2. The lowest BCUT2D eigenvalue weighted by Crippen LogP contribution is -2.67. The van der Waals surface area contributed by atoms with Crippen molar-refractivity contribution in [2.75, 3.05) is 6.61 Å². The first-order chi connectivity index (χ1) is 11.2. The van der Waals surface area contributed by atoms with Crippen molar-refractivity contribution >= 4 is 6.03 Å². The number of hydrogen-bond acceptors (Lipinski definition) is 3. The Morgan fingerprint density at radius 2 is 2.25 bits per heavy atom. The fraction of sp³-hybridized carbons (Fsp3) is 0.733. The molecule has 1 aromatic heterocycles. The average Bonchev–Trinajstić information content (AvgIpc) is 3.09. The minimum atomic E-state index is -4.33. The molecule has 0 spiro atoms. The van der Waals surface area contributed by atoms with Gasteiger partial charge in [-0.1, -0.05) is 13.8 Å². The summed E-state index contributed by atoms with van der Waals surface area (Å²) in [6, 6.07) is -0.403. The van der Waals surface area contributed by atoms with Crippen LogP contribution in [0.2, 0.25) is 0 Å². The third-order valence-electron chi connectivity index (χ3n) is 4.95. The summed E-state index contributed by atoms with van der Waals surface area (Å²) in [5.74, 6) is 0.468. The molecule has 9 heteroatoms. The second-order valence-corrected chi connectivity index (χ2v) is 6.96. The van der Waals surface area contributed by atoms with Gasteiger partial charge >= 0.3 is 12.2 Å². The standard InChI is InChI=1S/C15H21F3N4O2/c1-14(2)11(9-3-6-24-12(9)14)21-13(23)20-7-10-19-4-5-22(10)8-15(16,17)18/h4-5,9,11-12H,3,6-8H2,1-2H3,(H2,20,21,23). The van der Waals surface area contributed by atoms with E-state index >= 15 is 0 Å². The monoisotopic (exact) mass is 346 g/mol. The normalized spacial score (nSPS) is 28.1. The lowest BCUT2D eigenvalue weighted by molar-refractivity contribution is -0.141. The van der Waals surface area contributed by atoms with Crippen LogP contribution >= 0.6 is 0 Å². The van der Waals surface area contributed by atoms with Crippen molar-refractivity contribution in [3.8, 4) is 0 Å². The van der Waals surface area contributed by atoms with Crippen LogP contribution in [0.25, 0.3) is 0 Å². The molecule has 0 aromatic carbocycles. The predicted octanol–water partition coefficient (Wildman–Crippen LogP) is 2.06. The summed E-state index contributed by atoms with van der Waals surface area (Å²) in [5.41, 5.74) is -0.146. The molecule has 2 fully saturated rings. The van der Waals surface area contributed by atoms with Gasteiger partial charge in [-0.25, -0.2) is 9.78 Å². The topological polar surface area (TPSA) is 68.2 Å². The van der Waals surface area contributed by atoms with E-state index in [4.69, 9.17) is 4.74 Å². The number of amides is 2. The number of imidazole rings is 1. The highest BCUT2D eigenvalue weighted by Crippen LogP contribution is 2.52. The Hall–Kier alpha value is -1.77. The second kappa shape index (κ2) is 5.94.